The van der Waals surface area contributed by atoms with Gasteiger partial charge in [-0.1, -0.05) is 12.1 Å². The number of benzene rings is 1. The standard InChI is InChI=1S/C14H16BrN3/c15-14-17-12(6-7-16)13(18-14)11-5-4-9-2-1-3-10(9)8-11/h4-5,8H,1-3,6-7,16H2,(H,17,18). The molecule has 0 spiro atoms. The molecule has 0 aliphatic heterocycles. The third-order valence-electron chi connectivity index (χ3n) is 3.52. The Balaban J connectivity index is 2.03. The zero-order valence-electron chi connectivity index (χ0n) is 10.2. The second-order valence-corrected chi connectivity index (χ2v) is 5.48. The number of nitrogens with two attached hydrogens (primary N) is 1. The third kappa shape index (κ3) is 2.10. The van der Waals surface area contributed by atoms with Gasteiger partial charge in [-0.3, -0.25) is 0 Å². The van der Waals surface area contributed by atoms with Crippen LogP contribution in [-0.2, 0) is 19.3 Å². The molecule has 1 heterocycles. The largest absolute Gasteiger partial charge is 0.336 e. The monoisotopic (exact) mass is 305 g/mol. The Bertz CT molecular complexity index is 574. The van der Waals surface area contributed by atoms with Crippen molar-refractivity contribution in [2.45, 2.75) is 25.7 Å². The Kier molecular flexibility index (Phi) is 3.22. The molecule has 3 N–H and O–H groups in total. The number of aryl methyl sites for hydroxylation is 2. The molecule has 0 saturated carbocycles. The van der Waals surface area contributed by atoms with E-state index >= 15 is 0 Å². The fourth-order valence-electron chi connectivity index (χ4n) is 2.66. The third-order valence-corrected chi connectivity index (χ3v) is 3.89. The Morgan fingerprint density at radius 3 is 2.94 bits per heavy atom. The van der Waals surface area contributed by atoms with Crippen LogP contribution in [0.2, 0.25) is 0 Å². The highest BCUT2D eigenvalue weighted by molar-refractivity contribution is 9.10. The summed E-state index contributed by atoms with van der Waals surface area (Å²) >= 11 is 3.41. The molecule has 0 amide bonds. The van der Waals surface area contributed by atoms with Gasteiger partial charge in [0.1, 0.15) is 0 Å². The number of hydrogen-bond donors (Lipinski definition) is 2. The van der Waals surface area contributed by atoms with Crippen molar-refractivity contribution >= 4 is 15.9 Å². The van der Waals surface area contributed by atoms with Gasteiger partial charge in [-0.15, -0.1) is 0 Å². The molecule has 1 aliphatic carbocycles. The van der Waals surface area contributed by atoms with Crippen LogP contribution in [0.3, 0.4) is 0 Å². The van der Waals surface area contributed by atoms with Gasteiger partial charge in [-0.2, -0.15) is 0 Å². The molecule has 0 atom stereocenters. The van der Waals surface area contributed by atoms with Crippen LogP contribution < -0.4 is 5.73 Å². The van der Waals surface area contributed by atoms with E-state index in [1.54, 1.807) is 0 Å². The lowest BCUT2D eigenvalue weighted by atomic mass is 10.0. The van der Waals surface area contributed by atoms with Crippen LogP contribution in [0.5, 0.6) is 0 Å². The van der Waals surface area contributed by atoms with E-state index in [1.165, 1.54) is 36.0 Å². The molecule has 94 valence electrons. The molecule has 4 heteroatoms. The maximum Gasteiger partial charge on any atom is 0.175 e. The average molecular weight is 306 g/mol. The van der Waals surface area contributed by atoms with Crippen molar-refractivity contribution in [3.05, 3.63) is 39.8 Å². The van der Waals surface area contributed by atoms with Gasteiger partial charge >= 0.3 is 0 Å². The van der Waals surface area contributed by atoms with Crippen LogP contribution >= 0.6 is 15.9 Å². The molecule has 2 aromatic rings. The smallest absolute Gasteiger partial charge is 0.175 e. The molecule has 1 aromatic heterocycles. The molecule has 0 bridgehead atoms. The lowest BCUT2D eigenvalue weighted by Crippen LogP contribution is -2.04. The molecule has 1 aliphatic rings. The number of hydrogen-bond acceptors (Lipinski definition) is 2. The van der Waals surface area contributed by atoms with Crippen molar-refractivity contribution in [1.82, 2.24) is 9.97 Å². The summed E-state index contributed by atoms with van der Waals surface area (Å²) in [4.78, 5) is 7.77. The van der Waals surface area contributed by atoms with E-state index in [9.17, 15) is 0 Å². The van der Waals surface area contributed by atoms with Crippen LogP contribution in [0.15, 0.2) is 22.9 Å². The van der Waals surface area contributed by atoms with E-state index < -0.39 is 0 Å². The number of nitrogens with one attached hydrogen (secondary N) is 1. The second-order valence-electron chi connectivity index (χ2n) is 4.73. The molecule has 0 radical (unpaired) electrons. The van der Waals surface area contributed by atoms with Gasteiger partial charge in [-0.25, -0.2) is 4.98 Å². The highest BCUT2D eigenvalue weighted by Crippen LogP contribution is 2.29. The van der Waals surface area contributed by atoms with Gasteiger partial charge in [0, 0.05) is 17.7 Å². The maximum absolute atomic E-state index is 5.64. The number of aromatic nitrogens is 2. The molecular weight excluding hydrogens is 290 g/mol. The average Bonchev–Trinajstić information content (AvgIpc) is 2.95. The first kappa shape index (κ1) is 11.9. The Morgan fingerprint density at radius 1 is 1.28 bits per heavy atom. The van der Waals surface area contributed by atoms with Crippen LogP contribution in [0.1, 0.15) is 23.2 Å². The number of fused-ring (bicyclic) bond motifs is 1. The van der Waals surface area contributed by atoms with Crippen molar-refractivity contribution in [2.24, 2.45) is 5.73 Å². The first-order valence-corrected chi connectivity index (χ1v) is 7.14. The van der Waals surface area contributed by atoms with Gasteiger partial charge in [0.15, 0.2) is 4.73 Å². The number of imidazole rings is 1. The Morgan fingerprint density at radius 2 is 2.11 bits per heavy atom. The zero-order valence-corrected chi connectivity index (χ0v) is 11.8. The number of aromatic amines is 1. The van der Waals surface area contributed by atoms with Crippen molar-refractivity contribution in [3.63, 3.8) is 0 Å². The molecule has 3 nitrogen and oxygen atoms in total. The van der Waals surface area contributed by atoms with Gasteiger partial charge in [-0.05, 0) is 58.9 Å². The van der Waals surface area contributed by atoms with E-state index in [-0.39, 0.29) is 0 Å². The molecular formula is C14H16BrN3. The Hall–Kier alpha value is -1.13. The minimum atomic E-state index is 0.632. The Labute approximate surface area is 115 Å². The van der Waals surface area contributed by atoms with Crippen molar-refractivity contribution in [2.75, 3.05) is 6.54 Å². The fourth-order valence-corrected chi connectivity index (χ4v) is 3.08. The summed E-state index contributed by atoms with van der Waals surface area (Å²) in [6, 6.07) is 6.70. The maximum atomic E-state index is 5.64. The van der Waals surface area contributed by atoms with E-state index in [0.29, 0.717) is 6.54 Å². The zero-order chi connectivity index (χ0) is 12.5. The summed E-state index contributed by atoms with van der Waals surface area (Å²) in [6.07, 6.45) is 4.51. The van der Waals surface area contributed by atoms with Crippen LogP contribution in [0, 0.1) is 0 Å². The van der Waals surface area contributed by atoms with Crippen molar-refractivity contribution < 1.29 is 0 Å². The minimum absolute atomic E-state index is 0.632. The molecule has 3 rings (SSSR count). The second kappa shape index (κ2) is 4.86. The first-order chi connectivity index (χ1) is 8.78. The fraction of sp³-hybridized carbons (Fsp3) is 0.357. The summed E-state index contributed by atoms with van der Waals surface area (Å²) < 4.78 is 0.779. The lowest BCUT2D eigenvalue weighted by Gasteiger charge is -2.05. The SMILES string of the molecule is NCCc1[nH]c(Br)nc1-c1ccc2c(c1)CCC2. The highest BCUT2D eigenvalue weighted by Gasteiger charge is 2.15. The predicted molar refractivity (Wildman–Crippen MR) is 76.5 cm³/mol. The topological polar surface area (TPSA) is 54.7 Å². The van der Waals surface area contributed by atoms with Gasteiger partial charge in [0.05, 0.1) is 5.69 Å². The van der Waals surface area contributed by atoms with Crippen molar-refractivity contribution in [1.29, 1.82) is 0 Å². The van der Waals surface area contributed by atoms with Gasteiger partial charge < -0.3 is 10.7 Å². The summed E-state index contributed by atoms with van der Waals surface area (Å²) in [7, 11) is 0. The molecule has 0 saturated heterocycles. The minimum Gasteiger partial charge on any atom is -0.336 e. The van der Waals surface area contributed by atoms with E-state index in [0.717, 1.165) is 22.5 Å². The number of nitrogens with zero attached hydrogens (tertiary/aromatic N) is 1. The summed E-state index contributed by atoms with van der Waals surface area (Å²) in [5, 5.41) is 0. The summed E-state index contributed by atoms with van der Waals surface area (Å²) in [5.74, 6) is 0. The van der Waals surface area contributed by atoms with Crippen LogP contribution in [0.4, 0.5) is 0 Å². The van der Waals surface area contributed by atoms with Gasteiger partial charge in [0.2, 0.25) is 0 Å². The molecule has 0 unspecified atom stereocenters. The molecule has 1 aromatic carbocycles. The van der Waals surface area contributed by atoms with E-state index in [1.807, 2.05) is 0 Å². The highest BCUT2D eigenvalue weighted by atomic mass is 79.9. The first-order valence-electron chi connectivity index (χ1n) is 6.34. The number of halogens is 1. The quantitative estimate of drug-likeness (QED) is 0.916. The van der Waals surface area contributed by atoms with Gasteiger partial charge in [0.25, 0.3) is 0 Å². The summed E-state index contributed by atoms with van der Waals surface area (Å²) in [6.45, 7) is 0.632. The normalized spacial score (nSPS) is 13.9. The van der Waals surface area contributed by atoms with Crippen LogP contribution in [0.25, 0.3) is 11.3 Å². The molecule has 0 fully saturated rings. The molecule has 18 heavy (non-hydrogen) atoms. The number of H-pyrrole nitrogens is 1. The summed E-state index contributed by atoms with van der Waals surface area (Å²) in [5.41, 5.74) is 12.0. The number of rotatable bonds is 3. The lowest BCUT2D eigenvalue weighted by molar-refractivity contribution is 0.912. The van der Waals surface area contributed by atoms with E-state index in [4.69, 9.17) is 5.73 Å². The van der Waals surface area contributed by atoms with Crippen molar-refractivity contribution in [3.8, 4) is 11.3 Å². The van der Waals surface area contributed by atoms with Crippen LogP contribution in [-0.4, -0.2) is 16.5 Å². The van der Waals surface area contributed by atoms with E-state index in [2.05, 4.69) is 44.1 Å². The predicted octanol–water partition coefficient (Wildman–Crippen LogP) is 2.83.